The van der Waals surface area contributed by atoms with E-state index in [1.165, 1.54) is 11.6 Å². The average Bonchev–Trinajstić information content (AvgIpc) is 2.45. The van der Waals surface area contributed by atoms with Crippen LogP contribution >= 0.6 is 0 Å². The Bertz CT molecular complexity index is 618. The lowest BCUT2D eigenvalue weighted by Gasteiger charge is -2.22. The van der Waals surface area contributed by atoms with E-state index in [-0.39, 0.29) is 5.69 Å². The standard InChI is InChI=1S/C16H17F3N2/c1-3-11-4-7-13(8-5-11)21(2)15-9-6-12(10-14(15)20)16(17,18)19/h4-10H,3,20H2,1-2H3. The first kappa shape index (κ1) is 15.2. The summed E-state index contributed by atoms with van der Waals surface area (Å²) >= 11 is 0. The minimum Gasteiger partial charge on any atom is -0.397 e. The number of alkyl halides is 3. The molecule has 0 aliphatic carbocycles. The van der Waals surface area contributed by atoms with Crippen molar-refractivity contribution < 1.29 is 13.2 Å². The van der Waals surface area contributed by atoms with Crippen LogP contribution in [0.2, 0.25) is 0 Å². The van der Waals surface area contributed by atoms with Crippen molar-refractivity contribution in [2.75, 3.05) is 17.7 Å². The number of anilines is 3. The van der Waals surface area contributed by atoms with Crippen LogP contribution in [0.3, 0.4) is 0 Å². The Kier molecular flexibility index (Phi) is 4.11. The van der Waals surface area contributed by atoms with Gasteiger partial charge in [0, 0.05) is 12.7 Å². The van der Waals surface area contributed by atoms with Crippen LogP contribution in [0.1, 0.15) is 18.1 Å². The van der Waals surface area contributed by atoms with Gasteiger partial charge in [-0.1, -0.05) is 19.1 Å². The lowest BCUT2D eigenvalue weighted by atomic mass is 10.1. The first-order chi connectivity index (χ1) is 9.82. The fraction of sp³-hybridized carbons (Fsp3) is 0.250. The van der Waals surface area contributed by atoms with Gasteiger partial charge in [0.05, 0.1) is 16.9 Å². The zero-order valence-corrected chi connectivity index (χ0v) is 11.9. The molecule has 0 amide bonds. The molecule has 0 fully saturated rings. The molecule has 0 aromatic heterocycles. The Balaban J connectivity index is 2.32. The third-order valence-corrected chi connectivity index (χ3v) is 3.45. The number of aryl methyl sites for hydroxylation is 1. The van der Waals surface area contributed by atoms with Crippen molar-refractivity contribution in [2.45, 2.75) is 19.5 Å². The van der Waals surface area contributed by atoms with Crippen molar-refractivity contribution in [3.8, 4) is 0 Å². The van der Waals surface area contributed by atoms with Crippen LogP contribution in [0.5, 0.6) is 0 Å². The molecule has 2 N–H and O–H groups in total. The zero-order valence-electron chi connectivity index (χ0n) is 11.9. The molecule has 0 bridgehead atoms. The molecule has 21 heavy (non-hydrogen) atoms. The van der Waals surface area contributed by atoms with Gasteiger partial charge >= 0.3 is 6.18 Å². The molecule has 0 aliphatic rings. The fourth-order valence-electron chi connectivity index (χ4n) is 2.13. The molecule has 5 heteroatoms. The van der Waals surface area contributed by atoms with Crippen molar-refractivity contribution >= 4 is 17.1 Å². The highest BCUT2D eigenvalue weighted by Gasteiger charge is 2.31. The maximum absolute atomic E-state index is 12.6. The van der Waals surface area contributed by atoms with Crippen LogP contribution in [-0.2, 0) is 12.6 Å². The Labute approximate surface area is 122 Å². The molecule has 0 atom stereocenters. The number of nitrogens with two attached hydrogens (primary N) is 1. The second kappa shape index (κ2) is 5.68. The lowest BCUT2D eigenvalue weighted by Crippen LogP contribution is -2.13. The number of benzene rings is 2. The van der Waals surface area contributed by atoms with Gasteiger partial charge in [-0.2, -0.15) is 13.2 Å². The summed E-state index contributed by atoms with van der Waals surface area (Å²) in [4.78, 5) is 1.77. The molecule has 112 valence electrons. The fourth-order valence-corrected chi connectivity index (χ4v) is 2.13. The number of nitrogen functional groups attached to an aromatic ring is 1. The molecule has 0 radical (unpaired) electrons. The van der Waals surface area contributed by atoms with E-state index < -0.39 is 11.7 Å². The van der Waals surface area contributed by atoms with Crippen molar-refractivity contribution in [3.63, 3.8) is 0 Å². The van der Waals surface area contributed by atoms with Crippen LogP contribution in [0.25, 0.3) is 0 Å². The summed E-state index contributed by atoms with van der Waals surface area (Å²) in [5, 5.41) is 0. The number of hydrogen-bond donors (Lipinski definition) is 1. The molecule has 0 saturated carbocycles. The first-order valence-corrected chi connectivity index (χ1v) is 6.62. The summed E-state index contributed by atoms with van der Waals surface area (Å²) in [7, 11) is 1.78. The third kappa shape index (κ3) is 3.29. The highest BCUT2D eigenvalue weighted by molar-refractivity contribution is 5.75. The molecule has 0 heterocycles. The van der Waals surface area contributed by atoms with Crippen molar-refractivity contribution in [2.24, 2.45) is 0 Å². The smallest absolute Gasteiger partial charge is 0.397 e. The normalized spacial score (nSPS) is 11.5. The molecule has 2 aromatic carbocycles. The van der Waals surface area contributed by atoms with Crippen molar-refractivity contribution in [1.82, 2.24) is 0 Å². The number of nitrogens with zero attached hydrogens (tertiary/aromatic N) is 1. The summed E-state index contributed by atoms with van der Waals surface area (Å²) in [6.45, 7) is 2.06. The van der Waals surface area contributed by atoms with Crippen LogP contribution in [0.15, 0.2) is 42.5 Å². The minimum absolute atomic E-state index is 0.104. The number of hydrogen-bond acceptors (Lipinski definition) is 2. The summed E-state index contributed by atoms with van der Waals surface area (Å²) < 4.78 is 37.9. The molecule has 0 saturated heterocycles. The van der Waals surface area contributed by atoms with Crippen LogP contribution in [0, 0.1) is 0 Å². The zero-order chi connectivity index (χ0) is 15.6. The van der Waals surface area contributed by atoms with E-state index in [2.05, 4.69) is 6.92 Å². The van der Waals surface area contributed by atoms with E-state index in [1.807, 2.05) is 24.3 Å². The van der Waals surface area contributed by atoms with Crippen molar-refractivity contribution in [1.29, 1.82) is 0 Å². The van der Waals surface area contributed by atoms with Gasteiger partial charge in [0.15, 0.2) is 0 Å². The van der Waals surface area contributed by atoms with Crippen molar-refractivity contribution in [3.05, 3.63) is 53.6 Å². The summed E-state index contributed by atoms with van der Waals surface area (Å²) in [5.41, 5.74) is 7.76. The highest BCUT2D eigenvalue weighted by Crippen LogP contribution is 2.35. The molecule has 0 spiro atoms. The van der Waals surface area contributed by atoms with E-state index in [0.717, 1.165) is 24.2 Å². The molecule has 0 unspecified atom stereocenters. The van der Waals surface area contributed by atoms with Gasteiger partial charge in [0.2, 0.25) is 0 Å². The van der Waals surface area contributed by atoms with Gasteiger partial charge in [0.1, 0.15) is 0 Å². The SMILES string of the molecule is CCc1ccc(N(C)c2ccc(C(F)(F)F)cc2N)cc1. The highest BCUT2D eigenvalue weighted by atomic mass is 19.4. The van der Waals surface area contributed by atoms with Crippen LogP contribution < -0.4 is 10.6 Å². The van der Waals surface area contributed by atoms with Crippen LogP contribution in [0.4, 0.5) is 30.2 Å². The van der Waals surface area contributed by atoms with Gasteiger partial charge in [-0.15, -0.1) is 0 Å². The molecular weight excluding hydrogens is 277 g/mol. The van der Waals surface area contributed by atoms with Crippen LogP contribution in [-0.4, -0.2) is 7.05 Å². The molecule has 2 aromatic rings. The quantitative estimate of drug-likeness (QED) is 0.837. The summed E-state index contributed by atoms with van der Waals surface area (Å²) in [5.74, 6) is 0. The minimum atomic E-state index is -4.38. The second-order valence-electron chi connectivity index (χ2n) is 4.85. The largest absolute Gasteiger partial charge is 0.416 e. The summed E-state index contributed by atoms with van der Waals surface area (Å²) in [6, 6.07) is 11.2. The topological polar surface area (TPSA) is 29.3 Å². The van der Waals surface area contributed by atoms with E-state index in [9.17, 15) is 13.2 Å². The third-order valence-electron chi connectivity index (χ3n) is 3.45. The Morgan fingerprint density at radius 3 is 2.14 bits per heavy atom. The lowest BCUT2D eigenvalue weighted by molar-refractivity contribution is -0.137. The first-order valence-electron chi connectivity index (χ1n) is 6.62. The van der Waals surface area contributed by atoms with E-state index >= 15 is 0 Å². The predicted octanol–water partition coefficient (Wildman–Crippen LogP) is 4.62. The number of rotatable bonds is 3. The summed E-state index contributed by atoms with van der Waals surface area (Å²) in [6.07, 6.45) is -3.44. The van der Waals surface area contributed by atoms with Gasteiger partial charge < -0.3 is 10.6 Å². The molecule has 0 aliphatic heterocycles. The Morgan fingerprint density at radius 1 is 1.05 bits per heavy atom. The van der Waals surface area contributed by atoms with E-state index in [0.29, 0.717) is 5.69 Å². The Morgan fingerprint density at radius 2 is 1.67 bits per heavy atom. The van der Waals surface area contributed by atoms with Gasteiger partial charge in [0.25, 0.3) is 0 Å². The van der Waals surface area contributed by atoms with E-state index in [4.69, 9.17) is 5.73 Å². The number of halogens is 3. The Hall–Kier alpha value is -2.17. The van der Waals surface area contributed by atoms with E-state index in [1.54, 1.807) is 11.9 Å². The van der Waals surface area contributed by atoms with Gasteiger partial charge in [-0.05, 0) is 42.3 Å². The average molecular weight is 294 g/mol. The molecule has 2 rings (SSSR count). The maximum Gasteiger partial charge on any atom is 0.416 e. The molecular formula is C16H17F3N2. The maximum atomic E-state index is 12.6. The molecule has 2 nitrogen and oxygen atoms in total. The monoisotopic (exact) mass is 294 g/mol. The second-order valence-corrected chi connectivity index (χ2v) is 4.85. The van der Waals surface area contributed by atoms with Gasteiger partial charge in [-0.3, -0.25) is 0 Å². The van der Waals surface area contributed by atoms with Gasteiger partial charge in [-0.25, -0.2) is 0 Å². The predicted molar refractivity (Wildman–Crippen MR) is 79.7 cm³/mol.